The van der Waals surface area contributed by atoms with Crippen LogP contribution in [0.25, 0.3) is 112 Å². The third-order valence-corrected chi connectivity index (χ3v) is 12.0. The topological polar surface area (TPSA) is 38.7 Å². The van der Waals surface area contributed by atoms with Crippen molar-refractivity contribution < 1.29 is 0 Å². The van der Waals surface area contributed by atoms with E-state index in [2.05, 4.69) is 212 Å². The number of benzene rings is 9. The summed E-state index contributed by atoms with van der Waals surface area (Å²) in [4.78, 5) is 14.9. The number of hydrogen-bond donors (Lipinski definition) is 0. The Labute approximate surface area is 386 Å². The Bertz CT molecular complexity index is 3370. The van der Waals surface area contributed by atoms with Crippen molar-refractivity contribution in [2.45, 2.75) is 0 Å². The Hall–Kier alpha value is -8.97. The standard InChI is InChI=1S/C63H41N3/c1-7-22-44(23-8-1)56-43-57(59(46-26-11-3-12-27-46)60(47-28-13-4-14-29-47)58(56)45-24-9-2-10-25-45)54-38-20-36-52(41-54)50-34-19-35-51(40-50)53-37-21-39-55(42-53)63-65-61(48-30-15-5-16-31-48)64-62(66-63)49-32-17-6-18-33-49/h1-5,7-17,19-43H. The predicted octanol–water partition coefficient (Wildman–Crippen LogP) is 16.1. The molecule has 1 heterocycles. The lowest BCUT2D eigenvalue weighted by atomic mass is 9.78. The molecule has 0 aliphatic rings. The van der Waals surface area contributed by atoms with E-state index in [1.54, 1.807) is 0 Å². The van der Waals surface area contributed by atoms with Gasteiger partial charge in [0.05, 0.1) is 0 Å². The molecule has 0 saturated carbocycles. The molecule has 66 heavy (non-hydrogen) atoms. The molecule has 0 aliphatic heterocycles. The predicted molar refractivity (Wildman–Crippen MR) is 272 cm³/mol. The van der Waals surface area contributed by atoms with Gasteiger partial charge in [0.1, 0.15) is 0 Å². The fourth-order valence-corrected chi connectivity index (χ4v) is 8.88. The molecule has 11 rings (SSSR count). The zero-order chi connectivity index (χ0) is 44.1. The van der Waals surface area contributed by atoms with Crippen molar-refractivity contribution in [3.8, 4) is 112 Å². The molecule has 0 radical (unpaired) electrons. The van der Waals surface area contributed by atoms with Crippen LogP contribution in [0.1, 0.15) is 0 Å². The molecule has 0 atom stereocenters. The van der Waals surface area contributed by atoms with Crippen molar-refractivity contribution >= 4 is 0 Å². The summed E-state index contributed by atoms with van der Waals surface area (Å²) in [5.41, 5.74) is 18.9. The van der Waals surface area contributed by atoms with Crippen molar-refractivity contribution in [1.29, 1.82) is 0 Å². The summed E-state index contributed by atoms with van der Waals surface area (Å²) >= 11 is 0. The number of rotatable bonds is 10. The number of hydrogen-bond acceptors (Lipinski definition) is 3. The van der Waals surface area contributed by atoms with Crippen LogP contribution in [-0.2, 0) is 0 Å². The lowest BCUT2D eigenvalue weighted by Crippen LogP contribution is -2.00. The molecular formula is C63H41N3. The lowest BCUT2D eigenvalue weighted by molar-refractivity contribution is 1.07. The second-order valence-electron chi connectivity index (χ2n) is 16.2. The SMILES string of the molecule is c1ccc(-c2nc(-c3ccccc3)nc(-c3cccc(-c4cccc(-c5cccc(-c6cc(-c7ccccc7)c(-c7ccccc7)c(-c7ccccc7)c6-c6ccccc6)c5)c4)c3)n2)cc#1. The van der Waals surface area contributed by atoms with E-state index in [0.29, 0.717) is 17.5 Å². The van der Waals surface area contributed by atoms with Gasteiger partial charge in [-0.15, -0.1) is 0 Å². The maximum atomic E-state index is 5.00. The first-order valence-corrected chi connectivity index (χ1v) is 22.2. The highest BCUT2D eigenvalue weighted by molar-refractivity contribution is 6.07. The highest BCUT2D eigenvalue weighted by Gasteiger charge is 2.24. The molecule has 0 N–H and O–H groups in total. The lowest BCUT2D eigenvalue weighted by Gasteiger charge is -2.24. The van der Waals surface area contributed by atoms with Crippen LogP contribution < -0.4 is 0 Å². The van der Waals surface area contributed by atoms with Gasteiger partial charge in [0.15, 0.2) is 17.5 Å². The van der Waals surface area contributed by atoms with Crippen LogP contribution in [0, 0.1) is 12.1 Å². The number of nitrogens with zero attached hydrogens (tertiary/aromatic N) is 3. The first-order valence-electron chi connectivity index (χ1n) is 22.2. The third-order valence-electron chi connectivity index (χ3n) is 12.0. The van der Waals surface area contributed by atoms with Gasteiger partial charge in [-0.3, -0.25) is 0 Å². The van der Waals surface area contributed by atoms with E-state index in [-0.39, 0.29) is 0 Å². The van der Waals surface area contributed by atoms with Gasteiger partial charge in [0.2, 0.25) is 0 Å². The summed E-state index contributed by atoms with van der Waals surface area (Å²) < 4.78 is 0. The van der Waals surface area contributed by atoms with Gasteiger partial charge in [0.25, 0.3) is 0 Å². The van der Waals surface area contributed by atoms with E-state index in [1.165, 1.54) is 44.5 Å². The van der Waals surface area contributed by atoms with Gasteiger partial charge in [-0.2, -0.15) is 0 Å². The summed E-state index contributed by atoms with van der Waals surface area (Å²) in [6.07, 6.45) is 0. The minimum atomic E-state index is 0.591. The Morgan fingerprint density at radius 3 is 1.06 bits per heavy atom. The maximum absolute atomic E-state index is 5.00. The summed E-state index contributed by atoms with van der Waals surface area (Å²) in [5.74, 6) is 1.82. The van der Waals surface area contributed by atoms with E-state index >= 15 is 0 Å². The molecule has 0 bridgehead atoms. The molecule has 0 amide bonds. The van der Waals surface area contributed by atoms with Gasteiger partial charge in [0, 0.05) is 16.7 Å². The van der Waals surface area contributed by atoms with E-state index in [4.69, 9.17) is 15.0 Å². The van der Waals surface area contributed by atoms with Gasteiger partial charge in [-0.05, 0) is 120 Å². The van der Waals surface area contributed by atoms with Crippen molar-refractivity contribution in [3.63, 3.8) is 0 Å². The molecule has 0 fully saturated rings. The Balaban J connectivity index is 1.05. The highest BCUT2D eigenvalue weighted by Crippen LogP contribution is 2.50. The van der Waals surface area contributed by atoms with Gasteiger partial charge in [-0.1, -0.05) is 218 Å². The van der Waals surface area contributed by atoms with E-state index in [9.17, 15) is 0 Å². The summed E-state index contributed by atoms with van der Waals surface area (Å²) in [6, 6.07) is 93.8. The Morgan fingerprint density at radius 2 is 0.576 bits per heavy atom. The average Bonchev–Trinajstić information content (AvgIpc) is 3.41. The molecule has 10 aromatic carbocycles. The van der Waals surface area contributed by atoms with Gasteiger partial charge >= 0.3 is 0 Å². The monoisotopic (exact) mass is 839 g/mol. The second-order valence-corrected chi connectivity index (χ2v) is 16.2. The number of aromatic nitrogens is 3. The Morgan fingerprint density at radius 1 is 0.227 bits per heavy atom. The van der Waals surface area contributed by atoms with Crippen LogP contribution in [0.4, 0.5) is 0 Å². The molecule has 3 heteroatoms. The molecule has 0 unspecified atom stereocenters. The van der Waals surface area contributed by atoms with Gasteiger partial charge in [-0.25, -0.2) is 15.0 Å². The van der Waals surface area contributed by atoms with Crippen molar-refractivity contribution in [1.82, 2.24) is 15.0 Å². The summed E-state index contributed by atoms with van der Waals surface area (Å²) in [6.45, 7) is 0. The van der Waals surface area contributed by atoms with E-state index < -0.39 is 0 Å². The molecule has 11 aromatic rings. The fraction of sp³-hybridized carbons (Fsp3) is 0. The van der Waals surface area contributed by atoms with Crippen molar-refractivity contribution in [2.24, 2.45) is 0 Å². The summed E-state index contributed by atoms with van der Waals surface area (Å²) in [7, 11) is 0. The smallest absolute Gasteiger partial charge is 0.164 e. The van der Waals surface area contributed by atoms with Crippen LogP contribution in [0.3, 0.4) is 0 Å². The molecule has 3 nitrogen and oxygen atoms in total. The van der Waals surface area contributed by atoms with Crippen LogP contribution in [0.15, 0.2) is 249 Å². The summed E-state index contributed by atoms with van der Waals surface area (Å²) in [5, 5.41) is 0. The van der Waals surface area contributed by atoms with Crippen molar-refractivity contribution in [2.75, 3.05) is 0 Å². The van der Waals surface area contributed by atoms with Crippen LogP contribution >= 0.6 is 0 Å². The van der Waals surface area contributed by atoms with E-state index in [0.717, 1.165) is 50.1 Å². The average molecular weight is 840 g/mol. The first kappa shape index (κ1) is 39.8. The molecule has 308 valence electrons. The minimum absolute atomic E-state index is 0.591. The third kappa shape index (κ3) is 8.08. The fourth-order valence-electron chi connectivity index (χ4n) is 8.88. The van der Waals surface area contributed by atoms with Crippen molar-refractivity contribution in [3.05, 3.63) is 261 Å². The zero-order valence-electron chi connectivity index (χ0n) is 36.0. The molecule has 0 aliphatic carbocycles. The molecule has 0 saturated heterocycles. The largest absolute Gasteiger partial charge is 0.208 e. The first-order chi connectivity index (χ1) is 32.7. The van der Waals surface area contributed by atoms with Gasteiger partial charge < -0.3 is 0 Å². The van der Waals surface area contributed by atoms with Crippen LogP contribution in [0.5, 0.6) is 0 Å². The second kappa shape index (κ2) is 18.0. The minimum Gasteiger partial charge on any atom is -0.208 e. The van der Waals surface area contributed by atoms with Crippen LogP contribution in [-0.4, -0.2) is 15.0 Å². The maximum Gasteiger partial charge on any atom is 0.164 e. The quantitative estimate of drug-likeness (QED) is 0.138. The molecular weight excluding hydrogens is 799 g/mol. The normalized spacial score (nSPS) is 10.9. The van der Waals surface area contributed by atoms with E-state index in [1.807, 2.05) is 48.5 Å². The molecule has 1 aromatic heterocycles. The highest BCUT2D eigenvalue weighted by atomic mass is 15.0. The van der Waals surface area contributed by atoms with Crippen LogP contribution in [0.2, 0.25) is 0 Å². The zero-order valence-corrected chi connectivity index (χ0v) is 36.0. The molecule has 0 spiro atoms. The Kier molecular flexibility index (Phi) is 10.9.